The van der Waals surface area contributed by atoms with Crippen molar-refractivity contribution in [2.45, 2.75) is 52.6 Å². The summed E-state index contributed by atoms with van der Waals surface area (Å²) in [5.74, 6) is 0.748. The molecule has 214 valence electrons. The second-order valence-corrected chi connectivity index (χ2v) is 12.5. The van der Waals surface area contributed by atoms with Crippen molar-refractivity contribution in [1.82, 2.24) is 10.2 Å². The fourth-order valence-corrected chi connectivity index (χ4v) is 5.50. The van der Waals surface area contributed by atoms with E-state index in [2.05, 4.69) is 5.32 Å². The molecule has 0 saturated heterocycles. The zero-order valence-electron chi connectivity index (χ0n) is 22.6. The Kier molecular flexibility index (Phi) is 10.7. The lowest BCUT2D eigenvalue weighted by atomic mass is 10.1. The van der Waals surface area contributed by atoms with Crippen LogP contribution in [0, 0.1) is 5.92 Å². The van der Waals surface area contributed by atoms with Crippen LogP contribution in [-0.2, 0) is 26.2 Å². The number of rotatable bonds is 13. The molecule has 0 radical (unpaired) electrons. The predicted octanol–water partition coefficient (Wildman–Crippen LogP) is 4.85. The Morgan fingerprint density at radius 3 is 2.41 bits per heavy atom. The minimum Gasteiger partial charge on any atom is -0.454 e. The second kappa shape index (κ2) is 13.6. The number of hydrogen-bond donors (Lipinski definition) is 1. The van der Waals surface area contributed by atoms with E-state index >= 15 is 0 Å². The molecule has 2 aromatic carbocycles. The molecule has 1 atom stereocenters. The number of nitrogens with zero attached hydrogens (tertiary/aromatic N) is 2. The van der Waals surface area contributed by atoms with Gasteiger partial charge in [-0.1, -0.05) is 50.0 Å². The van der Waals surface area contributed by atoms with Crippen LogP contribution in [-0.4, -0.2) is 57.3 Å². The maximum Gasteiger partial charge on any atom is 0.242 e. The number of nitrogens with one attached hydrogen (secondary N) is 1. The van der Waals surface area contributed by atoms with Gasteiger partial charge in [0.2, 0.25) is 28.6 Å². The van der Waals surface area contributed by atoms with Gasteiger partial charge in [-0.05, 0) is 48.6 Å². The molecule has 0 saturated carbocycles. The van der Waals surface area contributed by atoms with Gasteiger partial charge in [0.05, 0.1) is 22.0 Å². The molecule has 2 amide bonds. The highest BCUT2D eigenvalue weighted by molar-refractivity contribution is 7.92. The van der Waals surface area contributed by atoms with E-state index in [4.69, 9.17) is 32.7 Å². The van der Waals surface area contributed by atoms with Crippen molar-refractivity contribution in [3.05, 3.63) is 52.0 Å². The third-order valence-electron chi connectivity index (χ3n) is 6.20. The first-order chi connectivity index (χ1) is 18.4. The molecular formula is C27H35Cl2N3O6S. The number of ether oxygens (including phenoxy) is 2. The number of carbonyl (C=O) groups excluding carboxylic acids is 2. The van der Waals surface area contributed by atoms with Crippen LogP contribution in [0.25, 0.3) is 0 Å². The van der Waals surface area contributed by atoms with Gasteiger partial charge in [0, 0.05) is 32.1 Å². The van der Waals surface area contributed by atoms with Crippen LogP contribution in [0.3, 0.4) is 0 Å². The molecule has 0 aliphatic carbocycles. The molecule has 1 heterocycles. The second-order valence-electron chi connectivity index (χ2n) is 9.81. The highest BCUT2D eigenvalue weighted by Gasteiger charge is 2.29. The van der Waals surface area contributed by atoms with Gasteiger partial charge in [0.15, 0.2) is 11.5 Å². The molecule has 39 heavy (non-hydrogen) atoms. The van der Waals surface area contributed by atoms with Crippen molar-refractivity contribution < 1.29 is 27.5 Å². The van der Waals surface area contributed by atoms with E-state index in [1.54, 1.807) is 36.4 Å². The number of benzene rings is 2. The molecule has 2 aromatic rings. The predicted molar refractivity (Wildman–Crippen MR) is 153 cm³/mol. The summed E-state index contributed by atoms with van der Waals surface area (Å²) in [4.78, 5) is 28.1. The Labute approximate surface area is 240 Å². The summed E-state index contributed by atoms with van der Waals surface area (Å²) in [6, 6.07) is 9.28. The van der Waals surface area contributed by atoms with Gasteiger partial charge in [-0.15, -0.1) is 0 Å². The Bertz CT molecular complexity index is 1290. The van der Waals surface area contributed by atoms with Crippen LogP contribution < -0.4 is 19.1 Å². The monoisotopic (exact) mass is 599 g/mol. The summed E-state index contributed by atoms with van der Waals surface area (Å²) in [5.41, 5.74) is 1.15. The van der Waals surface area contributed by atoms with Crippen molar-refractivity contribution in [2.24, 2.45) is 5.92 Å². The summed E-state index contributed by atoms with van der Waals surface area (Å²) in [5, 5.41) is 3.67. The van der Waals surface area contributed by atoms with Gasteiger partial charge < -0.3 is 19.7 Å². The third kappa shape index (κ3) is 8.40. The minimum atomic E-state index is -3.64. The fraction of sp³-hybridized carbons (Fsp3) is 0.481. The third-order valence-corrected chi connectivity index (χ3v) is 8.14. The van der Waals surface area contributed by atoms with Crippen LogP contribution >= 0.6 is 23.2 Å². The Morgan fingerprint density at radius 1 is 1.05 bits per heavy atom. The van der Waals surface area contributed by atoms with E-state index in [9.17, 15) is 18.0 Å². The molecule has 9 nitrogen and oxygen atoms in total. The minimum absolute atomic E-state index is 0.0336. The summed E-state index contributed by atoms with van der Waals surface area (Å²) in [6.07, 6.45) is 1.79. The molecule has 3 rings (SSSR count). The summed E-state index contributed by atoms with van der Waals surface area (Å²) < 4.78 is 37.1. The molecule has 0 unspecified atom stereocenters. The summed E-state index contributed by atoms with van der Waals surface area (Å²) in [7, 11) is -3.64. The molecule has 1 aliphatic heterocycles. The molecule has 12 heteroatoms. The molecule has 0 aromatic heterocycles. The average Bonchev–Trinajstić information content (AvgIpc) is 3.34. The maximum absolute atomic E-state index is 13.5. The Morgan fingerprint density at radius 2 is 1.77 bits per heavy atom. The van der Waals surface area contributed by atoms with Crippen molar-refractivity contribution in [1.29, 1.82) is 0 Å². The Hall–Kier alpha value is -2.69. The highest BCUT2D eigenvalue weighted by Crippen LogP contribution is 2.36. The molecule has 1 aliphatic rings. The van der Waals surface area contributed by atoms with Crippen LogP contribution in [0.15, 0.2) is 36.4 Å². The zero-order valence-corrected chi connectivity index (χ0v) is 24.9. The van der Waals surface area contributed by atoms with Crippen molar-refractivity contribution in [2.75, 3.05) is 30.4 Å². The molecule has 1 N–H and O–H groups in total. The van der Waals surface area contributed by atoms with Gasteiger partial charge in [-0.2, -0.15) is 0 Å². The van der Waals surface area contributed by atoms with E-state index in [0.717, 1.165) is 11.8 Å². The van der Waals surface area contributed by atoms with E-state index in [1.165, 1.54) is 9.21 Å². The van der Waals surface area contributed by atoms with Crippen molar-refractivity contribution in [3.63, 3.8) is 0 Å². The van der Waals surface area contributed by atoms with Gasteiger partial charge in [-0.25, -0.2) is 8.42 Å². The van der Waals surface area contributed by atoms with Gasteiger partial charge >= 0.3 is 0 Å². The van der Waals surface area contributed by atoms with Crippen LogP contribution in [0.2, 0.25) is 10.0 Å². The molecule has 0 fully saturated rings. The number of halogens is 2. The largest absolute Gasteiger partial charge is 0.454 e. The van der Waals surface area contributed by atoms with E-state index in [1.807, 2.05) is 20.8 Å². The normalized spacial score (nSPS) is 13.3. The first-order valence-corrected chi connectivity index (χ1v) is 15.4. The smallest absolute Gasteiger partial charge is 0.242 e. The maximum atomic E-state index is 13.5. The molecule has 0 bridgehead atoms. The number of anilines is 1. The first kappa shape index (κ1) is 30.8. The lowest BCUT2D eigenvalue weighted by molar-refractivity contribution is -0.141. The van der Waals surface area contributed by atoms with Crippen LogP contribution in [0.1, 0.15) is 45.6 Å². The lowest BCUT2D eigenvalue weighted by Gasteiger charge is -2.31. The van der Waals surface area contributed by atoms with Crippen LogP contribution in [0.4, 0.5) is 5.69 Å². The average molecular weight is 601 g/mol. The topological polar surface area (TPSA) is 105 Å². The fourth-order valence-electron chi connectivity index (χ4n) is 4.22. The number of carbonyl (C=O) groups is 2. The number of fused-ring (bicyclic) bond motifs is 1. The number of sulfonamides is 1. The first-order valence-electron chi connectivity index (χ1n) is 12.8. The van der Waals surface area contributed by atoms with Crippen molar-refractivity contribution >= 4 is 50.7 Å². The SMILES string of the molecule is CC[C@@H](C(=O)NCC(C)C)N(Cc1ccc(Cl)c(Cl)c1)C(=O)CCCN(c1ccc2c(c1)OCO2)S(C)(=O)=O. The summed E-state index contributed by atoms with van der Waals surface area (Å²) in [6.45, 7) is 6.62. The zero-order chi connectivity index (χ0) is 28.7. The summed E-state index contributed by atoms with van der Waals surface area (Å²) >= 11 is 12.3. The van der Waals surface area contributed by atoms with E-state index in [0.29, 0.717) is 40.2 Å². The van der Waals surface area contributed by atoms with Gasteiger partial charge in [0.1, 0.15) is 6.04 Å². The Balaban J connectivity index is 1.77. The highest BCUT2D eigenvalue weighted by atomic mass is 35.5. The van der Waals surface area contributed by atoms with E-state index < -0.39 is 16.1 Å². The molecule has 0 spiro atoms. The quantitative estimate of drug-likeness (QED) is 0.353. The number of amides is 2. The van der Waals surface area contributed by atoms with Gasteiger partial charge in [0.25, 0.3) is 0 Å². The molecular weight excluding hydrogens is 565 g/mol. The number of hydrogen-bond acceptors (Lipinski definition) is 6. The lowest BCUT2D eigenvalue weighted by Crippen LogP contribution is -2.49. The van der Waals surface area contributed by atoms with Crippen molar-refractivity contribution in [3.8, 4) is 11.5 Å². The van der Waals surface area contributed by atoms with Gasteiger partial charge in [-0.3, -0.25) is 13.9 Å². The van der Waals surface area contributed by atoms with E-state index in [-0.39, 0.29) is 50.5 Å². The standard InChI is InChI=1S/C27H35Cl2N3O6S/c1-5-23(27(34)30-15-18(2)3)31(16-19-8-10-21(28)22(29)13-19)26(33)7-6-12-32(39(4,35)36)20-9-11-24-25(14-20)38-17-37-24/h8-11,13-14,18,23H,5-7,12,15-17H2,1-4H3,(H,30,34)/t23-/m0/s1. The van der Waals surface area contributed by atoms with Crippen LogP contribution in [0.5, 0.6) is 11.5 Å².